The Morgan fingerprint density at radius 1 is 1.47 bits per heavy atom. The van der Waals surface area contributed by atoms with E-state index in [4.69, 9.17) is 4.98 Å². The van der Waals surface area contributed by atoms with Crippen molar-refractivity contribution in [2.75, 3.05) is 0 Å². The molecule has 3 nitrogen and oxygen atoms in total. The Hall–Kier alpha value is -1.38. The number of hydrogen-bond donors (Lipinski definition) is 1. The van der Waals surface area contributed by atoms with Crippen LogP contribution in [0.25, 0.3) is 0 Å². The van der Waals surface area contributed by atoms with E-state index in [-0.39, 0.29) is 5.41 Å². The molecule has 1 aromatic rings. The summed E-state index contributed by atoms with van der Waals surface area (Å²) in [4.78, 5) is 16.0. The van der Waals surface area contributed by atoms with Crippen molar-refractivity contribution in [3.63, 3.8) is 0 Å². The lowest BCUT2D eigenvalue weighted by Gasteiger charge is -2.19. The van der Waals surface area contributed by atoms with Crippen LogP contribution in [0.2, 0.25) is 0 Å². The lowest BCUT2D eigenvalue weighted by molar-refractivity contribution is 0.0695. The van der Waals surface area contributed by atoms with Crippen LogP contribution in [0.5, 0.6) is 0 Å². The van der Waals surface area contributed by atoms with Gasteiger partial charge in [0.25, 0.3) is 0 Å². The van der Waals surface area contributed by atoms with Gasteiger partial charge in [0.2, 0.25) is 0 Å². The highest BCUT2D eigenvalue weighted by atomic mass is 16.4. The fourth-order valence-electron chi connectivity index (χ4n) is 2.75. The van der Waals surface area contributed by atoms with Gasteiger partial charge in [0.15, 0.2) is 0 Å². The third-order valence-corrected chi connectivity index (χ3v) is 3.99. The lowest BCUT2D eigenvalue weighted by atomic mass is 9.90. The first kappa shape index (κ1) is 10.8. The highest BCUT2D eigenvalue weighted by molar-refractivity contribution is 5.89. The molecule has 2 aliphatic rings. The third-order valence-electron chi connectivity index (χ3n) is 3.99. The van der Waals surface area contributed by atoms with Gasteiger partial charge < -0.3 is 5.11 Å². The zero-order chi connectivity index (χ0) is 12.2. The van der Waals surface area contributed by atoms with Crippen LogP contribution in [0.1, 0.15) is 66.3 Å². The fourth-order valence-corrected chi connectivity index (χ4v) is 2.75. The monoisotopic (exact) mass is 231 g/mol. The Balaban J connectivity index is 2.17. The molecule has 1 heterocycles. The van der Waals surface area contributed by atoms with E-state index < -0.39 is 5.97 Å². The molecular formula is C14H17NO2. The first-order valence-corrected chi connectivity index (χ1v) is 6.26. The van der Waals surface area contributed by atoms with E-state index in [1.165, 1.54) is 0 Å². The van der Waals surface area contributed by atoms with Crippen LogP contribution in [-0.4, -0.2) is 16.1 Å². The summed E-state index contributed by atoms with van der Waals surface area (Å²) in [5, 5.41) is 9.26. The molecule has 3 heteroatoms. The van der Waals surface area contributed by atoms with Crippen LogP contribution in [-0.2, 0) is 11.8 Å². The van der Waals surface area contributed by atoms with E-state index in [0.29, 0.717) is 11.5 Å². The summed E-state index contributed by atoms with van der Waals surface area (Å²) in [5.41, 5.74) is 3.63. The van der Waals surface area contributed by atoms with Crippen LogP contribution in [0.3, 0.4) is 0 Å². The van der Waals surface area contributed by atoms with Gasteiger partial charge in [-0.05, 0) is 37.3 Å². The average molecular weight is 231 g/mol. The summed E-state index contributed by atoms with van der Waals surface area (Å²) in [6, 6.07) is 1.87. The van der Waals surface area contributed by atoms with E-state index in [2.05, 4.69) is 13.8 Å². The number of nitrogens with zero attached hydrogens (tertiary/aromatic N) is 1. The predicted molar refractivity (Wildman–Crippen MR) is 64.5 cm³/mol. The van der Waals surface area contributed by atoms with Gasteiger partial charge in [-0.15, -0.1) is 0 Å². The van der Waals surface area contributed by atoms with Crippen molar-refractivity contribution in [3.8, 4) is 0 Å². The molecule has 0 aromatic carbocycles. The quantitative estimate of drug-likeness (QED) is 0.851. The maximum Gasteiger partial charge on any atom is 0.337 e. The summed E-state index contributed by atoms with van der Waals surface area (Å²) in [6.07, 6.45) is 4.21. The summed E-state index contributed by atoms with van der Waals surface area (Å²) in [7, 11) is 0. The molecule has 90 valence electrons. The number of aromatic carboxylic acids is 1. The van der Waals surface area contributed by atoms with E-state index in [1.54, 1.807) is 0 Å². The summed E-state index contributed by atoms with van der Waals surface area (Å²) in [6.45, 7) is 4.39. The van der Waals surface area contributed by atoms with E-state index in [1.807, 2.05) is 6.07 Å². The second kappa shape index (κ2) is 3.31. The van der Waals surface area contributed by atoms with Crippen molar-refractivity contribution in [3.05, 3.63) is 28.6 Å². The molecule has 0 aliphatic heterocycles. The van der Waals surface area contributed by atoms with Gasteiger partial charge in [-0.25, -0.2) is 4.79 Å². The molecule has 0 amide bonds. The zero-order valence-corrected chi connectivity index (χ0v) is 10.3. The maximum atomic E-state index is 11.3. The molecule has 0 radical (unpaired) electrons. The standard InChI is InChI=1S/C14H17NO2/c1-14(2)6-5-9-7-10(13(16)17)11(8-3-4-8)15-12(9)14/h7-8H,3-6H2,1-2H3,(H,16,17). The van der Waals surface area contributed by atoms with E-state index in [9.17, 15) is 9.90 Å². The molecule has 0 bridgehead atoms. The minimum atomic E-state index is -0.827. The number of carboxylic acids is 1. The largest absolute Gasteiger partial charge is 0.478 e. The number of hydrogen-bond acceptors (Lipinski definition) is 2. The van der Waals surface area contributed by atoms with Crippen molar-refractivity contribution < 1.29 is 9.90 Å². The van der Waals surface area contributed by atoms with E-state index in [0.717, 1.165) is 42.6 Å². The smallest absolute Gasteiger partial charge is 0.337 e. The van der Waals surface area contributed by atoms with Crippen molar-refractivity contribution in [2.24, 2.45) is 0 Å². The molecule has 3 rings (SSSR count). The molecule has 1 aromatic heterocycles. The Morgan fingerprint density at radius 2 is 2.18 bits per heavy atom. The predicted octanol–water partition coefficient (Wildman–Crippen LogP) is 2.88. The van der Waals surface area contributed by atoms with Crippen LogP contribution in [0.15, 0.2) is 6.07 Å². The zero-order valence-electron chi connectivity index (χ0n) is 10.3. The highest BCUT2D eigenvalue weighted by Crippen LogP contribution is 2.44. The molecule has 17 heavy (non-hydrogen) atoms. The molecule has 1 saturated carbocycles. The normalized spacial score (nSPS) is 21.3. The second-order valence-corrected chi connectivity index (χ2v) is 5.89. The molecule has 0 atom stereocenters. The van der Waals surface area contributed by atoms with Crippen molar-refractivity contribution >= 4 is 5.97 Å². The first-order valence-electron chi connectivity index (χ1n) is 6.26. The summed E-state index contributed by atoms with van der Waals surface area (Å²) in [5.74, 6) is -0.435. The molecule has 0 unspecified atom stereocenters. The first-order chi connectivity index (χ1) is 7.99. The van der Waals surface area contributed by atoms with Crippen LogP contribution in [0.4, 0.5) is 0 Å². The van der Waals surface area contributed by atoms with Crippen molar-refractivity contribution in [1.29, 1.82) is 0 Å². The Morgan fingerprint density at radius 3 is 2.76 bits per heavy atom. The van der Waals surface area contributed by atoms with Crippen LogP contribution < -0.4 is 0 Å². The SMILES string of the molecule is CC1(C)CCc2cc(C(=O)O)c(C3CC3)nc21. The Kier molecular flexibility index (Phi) is 2.09. The molecular weight excluding hydrogens is 214 g/mol. The van der Waals surface area contributed by atoms with Gasteiger partial charge in [-0.1, -0.05) is 13.8 Å². The topological polar surface area (TPSA) is 50.2 Å². The van der Waals surface area contributed by atoms with Gasteiger partial charge in [0, 0.05) is 17.0 Å². The number of carbonyl (C=O) groups is 1. The van der Waals surface area contributed by atoms with Crippen LogP contribution >= 0.6 is 0 Å². The minimum absolute atomic E-state index is 0.107. The van der Waals surface area contributed by atoms with Gasteiger partial charge in [0.1, 0.15) is 0 Å². The van der Waals surface area contributed by atoms with Gasteiger partial charge >= 0.3 is 5.97 Å². The second-order valence-electron chi connectivity index (χ2n) is 5.89. The number of rotatable bonds is 2. The molecule has 1 fully saturated rings. The Bertz CT molecular complexity index is 501. The van der Waals surface area contributed by atoms with Crippen LogP contribution in [0, 0.1) is 0 Å². The highest BCUT2D eigenvalue weighted by Gasteiger charge is 2.36. The number of aryl methyl sites for hydroxylation is 1. The summed E-state index contributed by atoms with van der Waals surface area (Å²) < 4.78 is 0. The summed E-state index contributed by atoms with van der Waals surface area (Å²) >= 11 is 0. The number of carboxylic acid groups (broad SMARTS) is 1. The number of aromatic nitrogens is 1. The fraction of sp³-hybridized carbons (Fsp3) is 0.571. The molecule has 2 aliphatic carbocycles. The van der Waals surface area contributed by atoms with E-state index >= 15 is 0 Å². The molecule has 0 saturated heterocycles. The maximum absolute atomic E-state index is 11.3. The average Bonchev–Trinajstić information content (AvgIpc) is 3.05. The number of fused-ring (bicyclic) bond motifs is 1. The minimum Gasteiger partial charge on any atom is -0.478 e. The lowest BCUT2D eigenvalue weighted by Crippen LogP contribution is -2.16. The number of pyridine rings is 1. The molecule has 0 spiro atoms. The van der Waals surface area contributed by atoms with Gasteiger partial charge in [0.05, 0.1) is 11.3 Å². The van der Waals surface area contributed by atoms with Gasteiger partial charge in [-0.2, -0.15) is 0 Å². The van der Waals surface area contributed by atoms with Crippen molar-refractivity contribution in [1.82, 2.24) is 4.98 Å². The Labute approximate surface area is 101 Å². The third kappa shape index (κ3) is 1.65. The van der Waals surface area contributed by atoms with Crippen molar-refractivity contribution in [2.45, 2.75) is 50.9 Å². The van der Waals surface area contributed by atoms with Gasteiger partial charge in [-0.3, -0.25) is 4.98 Å². The molecule has 1 N–H and O–H groups in total.